The highest BCUT2D eigenvalue weighted by atomic mass is 32.2. The van der Waals surface area contributed by atoms with Crippen LogP contribution in [-0.2, 0) is 20.5 Å². The lowest BCUT2D eigenvalue weighted by Crippen LogP contribution is -2.38. The van der Waals surface area contributed by atoms with Crippen molar-refractivity contribution >= 4 is 34.8 Å². The molecular formula is C15H13F3N2O5S. The highest BCUT2D eigenvalue weighted by Crippen LogP contribution is 2.29. The second kappa shape index (κ2) is 8.21. The molecule has 0 saturated carbocycles. The first-order valence-corrected chi connectivity index (χ1v) is 8.25. The van der Waals surface area contributed by atoms with Crippen LogP contribution in [0.15, 0.2) is 24.3 Å². The molecule has 11 heteroatoms. The number of hydrogen-bond acceptors (Lipinski definition) is 6. The van der Waals surface area contributed by atoms with Crippen molar-refractivity contribution in [1.82, 2.24) is 10.2 Å². The molecule has 1 aliphatic heterocycles. The average Bonchev–Trinajstić information content (AvgIpc) is 2.91. The normalized spacial score (nSPS) is 14.5. The van der Waals surface area contributed by atoms with Gasteiger partial charge in [0, 0.05) is 13.1 Å². The summed E-state index contributed by atoms with van der Waals surface area (Å²) in [5, 5.41) is 1.94. The maximum atomic E-state index is 12.6. The van der Waals surface area contributed by atoms with E-state index in [1.807, 2.05) is 0 Å². The number of halogens is 3. The number of alkyl halides is 3. The molecule has 1 aliphatic rings. The number of benzene rings is 1. The Morgan fingerprint density at radius 2 is 2.00 bits per heavy atom. The van der Waals surface area contributed by atoms with E-state index in [0.29, 0.717) is 6.07 Å². The molecule has 26 heavy (non-hydrogen) atoms. The lowest BCUT2D eigenvalue weighted by molar-refractivity contribution is -0.137. The number of rotatable bonds is 6. The second-order valence-corrected chi connectivity index (χ2v) is 6.03. The van der Waals surface area contributed by atoms with Gasteiger partial charge in [-0.05, 0) is 18.2 Å². The molecule has 0 aliphatic carbocycles. The molecule has 1 aromatic carbocycles. The number of carbonyl (C=O) groups is 4. The van der Waals surface area contributed by atoms with Crippen LogP contribution in [0.2, 0.25) is 0 Å². The zero-order valence-corrected chi connectivity index (χ0v) is 14.0. The van der Waals surface area contributed by atoms with E-state index in [1.165, 1.54) is 0 Å². The van der Waals surface area contributed by atoms with Gasteiger partial charge in [-0.3, -0.25) is 19.3 Å². The van der Waals surface area contributed by atoms with Gasteiger partial charge in [-0.1, -0.05) is 17.8 Å². The molecule has 1 N–H and O–H groups in total. The fourth-order valence-corrected chi connectivity index (χ4v) is 2.74. The molecule has 3 amide bonds. The van der Waals surface area contributed by atoms with Crippen LogP contribution < -0.4 is 5.32 Å². The number of nitrogens with one attached hydrogen (secondary N) is 1. The number of amides is 3. The summed E-state index contributed by atoms with van der Waals surface area (Å²) in [5.74, 6) is -2.09. The van der Waals surface area contributed by atoms with Crippen LogP contribution in [0.4, 0.5) is 18.0 Å². The van der Waals surface area contributed by atoms with E-state index < -0.39 is 35.5 Å². The van der Waals surface area contributed by atoms with Gasteiger partial charge in [0.15, 0.2) is 6.61 Å². The van der Waals surface area contributed by atoms with E-state index in [1.54, 1.807) is 0 Å². The molecule has 0 spiro atoms. The van der Waals surface area contributed by atoms with Crippen molar-refractivity contribution in [2.24, 2.45) is 0 Å². The highest BCUT2D eigenvalue weighted by molar-refractivity contribution is 8.14. The van der Waals surface area contributed by atoms with Crippen molar-refractivity contribution < 1.29 is 37.1 Å². The topological polar surface area (TPSA) is 92.8 Å². The molecule has 140 valence electrons. The smallest absolute Gasteiger partial charge is 0.416 e. The van der Waals surface area contributed by atoms with Crippen LogP contribution >= 0.6 is 11.8 Å². The highest BCUT2D eigenvalue weighted by Gasteiger charge is 2.31. The Kier molecular flexibility index (Phi) is 6.24. The number of carbonyl (C=O) groups excluding carboxylic acids is 4. The van der Waals surface area contributed by atoms with Crippen molar-refractivity contribution in [2.45, 2.75) is 6.18 Å². The fourth-order valence-electron chi connectivity index (χ4n) is 1.99. The predicted molar refractivity (Wildman–Crippen MR) is 84.3 cm³/mol. The first kappa shape index (κ1) is 19.8. The van der Waals surface area contributed by atoms with Crippen LogP contribution in [0, 0.1) is 0 Å². The fraction of sp³-hybridized carbons (Fsp3) is 0.333. The van der Waals surface area contributed by atoms with Gasteiger partial charge in [0.25, 0.3) is 11.1 Å². The predicted octanol–water partition coefficient (Wildman–Crippen LogP) is 1.67. The number of imide groups is 1. The maximum Gasteiger partial charge on any atom is 0.416 e. The van der Waals surface area contributed by atoms with Crippen molar-refractivity contribution in [3.63, 3.8) is 0 Å². The van der Waals surface area contributed by atoms with Crippen molar-refractivity contribution in [3.8, 4) is 0 Å². The Morgan fingerprint density at radius 1 is 1.27 bits per heavy atom. The van der Waals surface area contributed by atoms with E-state index in [-0.39, 0.29) is 30.3 Å². The summed E-state index contributed by atoms with van der Waals surface area (Å²) in [7, 11) is 0. The van der Waals surface area contributed by atoms with Gasteiger partial charge in [0.2, 0.25) is 5.91 Å². The minimum Gasteiger partial charge on any atom is -0.452 e. The third-order valence-electron chi connectivity index (χ3n) is 3.26. The standard InChI is InChI=1S/C15H13F3N2O5S/c16-15(17,18)10-3-1-2-9(6-10)13(23)25-7-11(21)19-4-5-20-12(22)8-26-14(20)24/h1-3,6H,4-5,7-8H2,(H,19,21). The summed E-state index contributed by atoms with van der Waals surface area (Å²) in [6.45, 7) is -0.748. The van der Waals surface area contributed by atoms with Crippen LogP contribution in [0.1, 0.15) is 15.9 Å². The van der Waals surface area contributed by atoms with E-state index >= 15 is 0 Å². The van der Waals surface area contributed by atoms with Crippen LogP contribution in [0.3, 0.4) is 0 Å². The number of hydrogen-bond donors (Lipinski definition) is 1. The Morgan fingerprint density at radius 3 is 2.62 bits per heavy atom. The first-order chi connectivity index (χ1) is 12.2. The number of esters is 1. The molecule has 0 aromatic heterocycles. The second-order valence-electron chi connectivity index (χ2n) is 5.10. The molecule has 0 unspecified atom stereocenters. The van der Waals surface area contributed by atoms with E-state index in [0.717, 1.165) is 34.9 Å². The largest absolute Gasteiger partial charge is 0.452 e. The van der Waals surface area contributed by atoms with Crippen molar-refractivity contribution in [3.05, 3.63) is 35.4 Å². The SMILES string of the molecule is O=C(COC(=O)c1cccc(C(F)(F)F)c1)NCCN1C(=O)CSC1=O. The van der Waals surface area contributed by atoms with Gasteiger partial charge in [0.1, 0.15) is 0 Å². The van der Waals surface area contributed by atoms with Crippen LogP contribution in [0.25, 0.3) is 0 Å². The molecule has 7 nitrogen and oxygen atoms in total. The molecule has 0 radical (unpaired) electrons. The Balaban J connectivity index is 1.77. The quantitative estimate of drug-likeness (QED) is 0.743. The lowest BCUT2D eigenvalue weighted by atomic mass is 10.1. The summed E-state index contributed by atoms with van der Waals surface area (Å²) in [4.78, 5) is 47.0. The van der Waals surface area contributed by atoms with Gasteiger partial charge < -0.3 is 10.1 Å². The van der Waals surface area contributed by atoms with Crippen LogP contribution in [-0.4, -0.2) is 53.4 Å². The first-order valence-electron chi connectivity index (χ1n) is 7.26. The van der Waals surface area contributed by atoms with Gasteiger partial charge >= 0.3 is 12.1 Å². The maximum absolute atomic E-state index is 12.6. The summed E-state index contributed by atoms with van der Waals surface area (Å²) in [6, 6.07) is 3.63. The van der Waals surface area contributed by atoms with Gasteiger partial charge in [0.05, 0.1) is 16.9 Å². The molecule has 1 fully saturated rings. The number of ether oxygens (including phenoxy) is 1. The zero-order valence-electron chi connectivity index (χ0n) is 13.2. The van der Waals surface area contributed by atoms with Gasteiger partial charge in [-0.25, -0.2) is 4.79 Å². The van der Waals surface area contributed by atoms with Gasteiger partial charge in [-0.2, -0.15) is 13.2 Å². The summed E-state index contributed by atoms with van der Waals surface area (Å²) in [6.07, 6.45) is -4.60. The van der Waals surface area contributed by atoms with Crippen molar-refractivity contribution in [1.29, 1.82) is 0 Å². The van der Waals surface area contributed by atoms with Gasteiger partial charge in [-0.15, -0.1) is 0 Å². The molecule has 2 rings (SSSR count). The summed E-state index contributed by atoms with van der Waals surface area (Å²) >= 11 is 0.862. The third-order valence-corrected chi connectivity index (χ3v) is 4.12. The van der Waals surface area contributed by atoms with Crippen molar-refractivity contribution in [2.75, 3.05) is 25.4 Å². The lowest BCUT2D eigenvalue weighted by Gasteiger charge is -2.13. The number of nitrogens with zero attached hydrogens (tertiary/aromatic N) is 1. The monoisotopic (exact) mass is 390 g/mol. The Labute approximate surface area is 149 Å². The summed E-state index contributed by atoms with van der Waals surface area (Å²) in [5.41, 5.74) is -1.34. The zero-order chi connectivity index (χ0) is 19.3. The Hall–Kier alpha value is -2.56. The molecular weight excluding hydrogens is 377 g/mol. The molecule has 0 atom stereocenters. The third kappa shape index (κ3) is 5.22. The molecule has 1 saturated heterocycles. The summed E-state index contributed by atoms with van der Waals surface area (Å²) < 4.78 is 42.4. The van der Waals surface area contributed by atoms with E-state index in [4.69, 9.17) is 0 Å². The minimum atomic E-state index is -4.60. The molecule has 0 bridgehead atoms. The van der Waals surface area contributed by atoms with Crippen LogP contribution in [0.5, 0.6) is 0 Å². The number of thioether (sulfide) groups is 1. The van der Waals surface area contributed by atoms with E-state index in [2.05, 4.69) is 10.1 Å². The Bertz CT molecular complexity index is 722. The van der Waals surface area contributed by atoms with E-state index in [9.17, 15) is 32.3 Å². The molecule has 1 aromatic rings. The minimum absolute atomic E-state index is 0.0159. The average molecular weight is 390 g/mol. The molecule has 1 heterocycles.